The molecule has 74 heavy (non-hydrogen) atoms. The van der Waals surface area contributed by atoms with Crippen molar-refractivity contribution in [3.8, 4) is 16.9 Å². The molecule has 1 aliphatic carbocycles. The second-order valence-corrected chi connectivity index (χ2v) is 21.3. The van der Waals surface area contributed by atoms with Gasteiger partial charge in [0.1, 0.15) is 11.6 Å². The Balaban J connectivity index is 0.691. The molecular weight excluding hydrogens is 951 g/mol. The first-order chi connectivity index (χ1) is 35.9. The number of nitrogens with one attached hydrogen (secondary N) is 4. The Kier molecular flexibility index (Phi) is 15.1. The summed E-state index contributed by atoms with van der Waals surface area (Å²) in [6, 6.07) is 27.2. The summed E-state index contributed by atoms with van der Waals surface area (Å²) >= 11 is 1.44. The number of aromatic carboxylic acids is 1. The SMILES string of the molecule is CNc1c(C(=N)C2CCC(=O)NC2=O)ccc(N2CCN(CCCC[C@H]3CC[C@H](Oc4cccc(-c5ccc(N6CCc7cccc(C(=O)Nc8nc9ccccc9s8)c7C6)nc5C(=O)O)c4C)CC3)CC2)c1C. The predicted molar refractivity (Wildman–Crippen MR) is 292 cm³/mol. The van der Waals surface area contributed by atoms with Crippen LogP contribution in [0.25, 0.3) is 21.3 Å². The number of pyridine rings is 1. The fourth-order valence-corrected chi connectivity index (χ4v) is 12.4. The number of rotatable bonds is 16. The van der Waals surface area contributed by atoms with E-state index >= 15 is 0 Å². The number of thiazole rings is 1. The fourth-order valence-electron chi connectivity index (χ4n) is 11.6. The maximum Gasteiger partial charge on any atom is 0.355 e. The number of fused-ring (bicyclic) bond motifs is 2. The number of piperazine rings is 1. The number of ether oxygens (including phenoxy) is 1. The van der Waals surface area contributed by atoms with Gasteiger partial charge in [0, 0.05) is 80.8 Å². The number of carbonyl (C=O) groups is 4. The van der Waals surface area contributed by atoms with E-state index in [9.17, 15) is 24.3 Å². The summed E-state index contributed by atoms with van der Waals surface area (Å²) in [6.07, 6.45) is 9.25. The summed E-state index contributed by atoms with van der Waals surface area (Å²) in [4.78, 5) is 67.2. The molecule has 4 aromatic carbocycles. The first-order valence-corrected chi connectivity index (χ1v) is 27.0. The molecule has 3 aliphatic heterocycles. The van der Waals surface area contributed by atoms with Crippen LogP contribution in [-0.4, -0.2) is 102 Å². The van der Waals surface area contributed by atoms with Crippen LogP contribution in [0.5, 0.6) is 5.75 Å². The molecule has 4 aliphatic rings. The quantitative estimate of drug-likeness (QED) is 0.0351. The molecule has 384 valence electrons. The van der Waals surface area contributed by atoms with Gasteiger partial charge in [0.2, 0.25) is 11.8 Å². The van der Waals surface area contributed by atoms with Crippen molar-refractivity contribution in [3.05, 3.63) is 124 Å². The number of carboxylic acids is 1. The second-order valence-electron chi connectivity index (χ2n) is 20.2. The average molecular weight is 1020 g/mol. The number of amides is 3. The van der Waals surface area contributed by atoms with Crippen LogP contribution in [0.2, 0.25) is 0 Å². The zero-order valence-electron chi connectivity index (χ0n) is 42.5. The molecule has 2 saturated heterocycles. The minimum Gasteiger partial charge on any atom is -0.490 e. The lowest BCUT2D eigenvalue weighted by Gasteiger charge is -2.37. The summed E-state index contributed by atoms with van der Waals surface area (Å²) in [5.41, 5.74) is 9.61. The van der Waals surface area contributed by atoms with Gasteiger partial charge >= 0.3 is 5.97 Å². The average Bonchev–Trinajstić information content (AvgIpc) is 3.83. The molecule has 0 radical (unpaired) electrons. The lowest BCUT2D eigenvalue weighted by Crippen LogP contribution is -2.47. The van der Waals surface area contributed by atoms with E-state index in [2.05, 4.69) is 43.7 Å². The minimum absolute atomic E-state index is 0.0211. The highest BCUT2D eigenvalue weighted by molar-refractivity contribution is 7.22. The smallest absolute Gasteiger partial charge is 0.355 e. The maximum absolute atomic E-state index is 13.7. The zero-order chi connectivity index (χ0) is 51.5. The van der Waals surface area contributed by atoms with E-state index in [1.807, 2.05) is 97.7 Å². The molecule has 10 rings (SSSR count). The number of para-hydroxylation sites is 1. The summed E-state index contributed by atoms with van der Waals surface area (Å²) in [6.45, 7) is 10.1. The highest BCUT2D eigenvalue weighted by Crippen LogP contribution is 2.38. The Morgan fingerprint density at radius 2 is 1.61 bits per heavy atom. The molecule has 16 heteroatoms. The Labute approximate surface area is 436 Å². The van der Waals surface area contributed by atoms with Gasteiger partial charge in [0.25, 0.3) is 5.91 Å². The van der Waals surface area contributed by atoms with Gasteiger partial charge < -0.3 is 30.4 Å². The number of anilines is 4. The Morgan fingerprint density at radius 1 is 0.811 bits per heavy atom. The van der Waals surface area contributed by atoms with Crippen LogP contribution in [0.1, 0.15) is 106 Å². The number of nitrogens with zero attached hydrogens (tertiary/aromatic N) is 5. The van der Waals surface area contributed by atoms with Crippen molar-refractivity contribution in [2.24, 2.45) is 11.8 Å². The van der Waals surface area contributed by atoms with Crippen molar-refractivity contribution >= 4 is 73.3 Å². The first kappa shape index (κ1) is 50.4. The Hall–Kier alpha value is -7.17. The van der Waals surface area contributed by atoms with Crippen LogP contribution in [0, 0.1) is 31.1 Å². The molecule has 1 atom stereocenters. The van der Waals surface area contributed by atoms with Gasteiger partial charge in [-0.2, -0.15) is 0 Å². The van der Waals surface area contributed by atoms with Gasteiger partial charge in [-0.3, -0.25) is 29.9 Å². The number of hydrogen-bond donors (Lipinski definition) is 5. The van der Waals surface area contributed by atoms with Crippen LogP contribution in [-0.2, 0) is 22.6 Å². The summed E-state index contributed by atoms with van der Waals surface area (Å²) in [7, 11) is 1.86. The summed E-state index contributed by atoms with van der Waals surface area (Å²) in [5, 5.41) is 28.6. The molecular formula is C58H65N9O6S. The van der Waals surface area contributed by atoms with Crippen molar-refractivity contribution < 1.29 is 29.0 Å². The highest BCUT2D eigenvalue weighted by Gasteiger charge is 2.33. The maximum atomic E-state index is 13.7. The summed E-state index contributed by atoms with van der Waals surface area (Å²) < 4.78 is 7.69. The van der Waals surface area contributed by atoms with Gasteiger partial charge in [-0.25, -0.2) is 14.8 Å². The van der Waals surface area contributed by atoms with E-state index in [1.54, 1.807) is 0 Å². The highest BCUT2D eigenvalue weighted by atomic mass is 32.1. The second kappa shape index (κ2) is 22.1. The number of hydrogen-bond acceptors (Lipinski definition) is 13. The van der Waals surface area contributed by atoms with Crippen LogP contribution in [0.15, 0.2) is 84.9 Å². The van der Waals surface area contributed by atoms with Gasteiger partial charge in [-0.05, 0) is 148 Å². The van der Waals surface area contributed by atoms with E-state index in [4.69, 9.17) is 15.1 Å². The molecule has 1 unspecified atom stereocenters. The normalized spacial score (nSPS) is 19.2. The minimum atomic E-state index is -1.10. The van der Waals surface area contributed by atoms with E-state index in [1.165, 1.54) is 30.6 Å². The number of imide groups is 1. The molecule has 2 aromatic heterocycles. The van der Waals surface area contributed by atoms with Crippen LogP contribution >= 0.6 is 11.3 Å². The van der Waals surface area contributed by atoms with Crippen molar-refractivity contribution in [1.82, 2.24) is 20.2 Å². The third-order valence-corrected chi connectivity index (χ3v) is 16.7. The molecule has 15 nitrogen and oxygen atoms in total. The topological polar surface area (TPSA) is 193 Å². The number of unbranched alkanes of at least 4 members (excludes halogenated alkanes) is 1. The number of benzene rings is 4. The fraction of sp³-hybridized carbons (Fsp3) is 0.397. The first-order valence-electron chi connectivity index (χ1n) is 26.2. The molecule has 1 saturated carbocycles. The van der Waals surface area contributed by atoms with E-state index in [0.717, 1.165) is 114 Å². The van der Waals surface area contributed by atoms with Crippen molar-refractivity contribution in [2.75, 3.05) is 66.7 Å². The van der Waals surface area contributed by atoms with Crippen LogP contribution in [0.4, 0.5) is 22.3 Å². The predicted octanol–water partition coefficient (Wildman–Crippen LogP) is 9.88. The molecule has 6 aromatic rings. The molecule has 0 spiro atoms. The van der Waals surface area contributed by atoms with Gasteiger partial charge in [0.05, 0.1) is 28.0 Å². The number of piperidine rings is 1. The lowest BCUT2D eigenvalue weighted by atomic mass is 9.84. The number of carboxylic acid groups (broad SMARTS) is 1. The summed E-state index contributed by atoms with van der Waals surface area (Å²) in [5.74, 6) is -0.615. The number of aromatic nitrogens is 2. The Bertz CT molecular complexity index is 3090. The van der Waals surface area contributed by atoms with Crippen molar-refractivity contribution in [1.29, 1.82) is 5.41 Å². The van der Waals surface area contributed by atoms with Gasteiger partial charge in [0.15, 0.2) is 10.8 Å². The van der Waals surface area contributed by atoms with Crippen LogP contribution < -0.4 is 30.5 Å². The molecule has 0 bridgehead atoms. The molecule has 3 amide bonds. The van der Waals surface area contributed by atoms with Crippen LogP contribution in [0.3, 0.4) is 0 Å². The van der Waals surface area contributed by atoms with Crippen molar-refractivity contribution in [2.45, 2.75) is 90.7 Å². The van der Waals surface area contributed by atoms with E-state index in [0.29, 0.717) is 59.5 Å². The van der Waals surface area contributed by atoms with Gasteiger partial charge in [-0.15, -0.1) is 0 Å². The van der Waals surface area contributed by atoms with E-state index < -0.39 is 11.9 Å². The van der Waals surface area contributed by atoms with Crippen molar-refractivity contribution in [3.63, 3.8) is 0 Å². The largest absolute Gasteiger partial charge is 0.490 e. The lowest BCUT2D eigenvalue weighted by molar-refractivity contribution is -0.134. The molecule has 5 N–H and O–H groups in total. The Morgan fingerprint density at radius 3 is 2.38 bits per heavy atom. The third-order valence-electron chi connectivity index (χ3n) is 15.7. The number of carbonyl (C=O) groups excluding carboxylic acids is 3. The zero-order valence-corrected chi connectivity index (χ0v) is 43.3. The third kappa shape index (κ3) is 10.7. The van der Waals surface area contributed by atoms with E-state index in [-0.39, 0.29) is 41.7 Å². The molecule has 5 heterocycles. The monoisotopic (exact) mass is 1020 g/mol. The molecule has 3 fully saturated rings. The standard InChI is InChI=1S/C58H65N9O6S/c1-35-40(41-22-25-50(62-54(41)57(71)72)67-29-27-38-11-8-13-42(45(38)34-67)55(69)64-58-61-46-14-4-5-16-49(46)74-58)12-9-15-48(35)73-39-19-17-37(18-20-39)10-6-7-28-65-30-32-66(33-31-65)47-24-21-43(53(60-3)36(47)2)52(59)44-23-26-51(68)63-56(44)70/h4-5,8-9,11-16,21-22,24-25,37,39,44,59-60H,6-7,10,17-20,23,26-34H2,1-3H3,(H,71,72)(H,61,64,69)(H,63,68,70)/t37-,39-,44?. The van der Waals surface area contributed by atoms with Gasteiger partial charge in [-0.1, -0.05) is 60.6 Å².